The summed E-state index contributed by atoms with van der Waals surface area (Å²) >= 11 is 0. The quantitative estimate of drug-likeness (QED) is 0.562. The molecule has 5 rings (SSSR count). The van der Waals surface area contributed by atoms with E-state index in [2.05, 4.69) is 4.98 Å². The van der Waals surface area contributed by atoms with E-state index in [9.17, 15) is 4.79 Å². The Bertz CT molecular complexity index is 1070. The maximum atomic E-state index is 15.2. The molecule has 2 heterocycles. The van der Waals surface area contributed by atoms with Crippen molar-refractivity contribution in [3.05, 3.63) is 66.4 Å². The number of fused-ring (bicyclic) bond motifs is 1. The van der Waals surface area contributed by atoms with Crippen LogP contribution in [0.1, 0.15) is 31.2 Å². The van der Waals surface area contributed by atoms with Crippen molar-refractivity contribution in [3.63, 3.8) is 0 Å². The average molecular weight is 406 g/mol. The molecule has 1 aromatic heterocycles. The second-order valence-corrected chi connectivity index (χ2v) is 8.49. The normalized spacial score (nSPS) is 18.0. The van der Waals surface area contributed by atoms with Crippen LogP contribution in [0.25, 0.3) is 22.0 Å². The zero-order chi connectivity index (χ0) is 20.7. The molecule has 2 fully saturated rings. The topological polar surface area (TPSA) is 33.2 Å². The summed E-state index contributed by atoms with van der Waals surface area (Å²) in [6.45, 7) is 0.882. The predicted octanol–water partition coefficient (Wildman–Crippen LogP) is 5.64. The largest absolute Gasteiger partial charge is 0.342 e. The van der Waals surface area contributed by atoms with Gasteiger partial charge in [0, 0.05) is 47.6 Å². The summed E-state index contributed by atoms with van der Waals surface area (Å²) < 4.78 is 30.3. The first-order chi connectivity index (χ1) is 14.5. The van der Waals surface area contributed by atoms with Crippen LogP contribution >= 0.6 is 0 Å². The number of pyridine rings is 1. The minimum atomic E-state index is -2.89. The highest BCUT2D eigenvalue weighted by Gasteiger charge is 2.44. The highest BCUT2D eigenvalue weighted by atomic mass is 19.3. The molecule has 0 N–H and O–H groups in total. The molecule has 1 amide bonds. The molecular weight excluding hydrogens is 382 g/mol. The number of carbonyl (C=O) groups excluding carboxylic acids is 1. The molecule has 0 spiro atoms. The van der Waals surface area contributed by atoms with Crippen LogP contribution < -0.4 is 0 Å². The molecule has 2 aromatic carbocycles. The third-order valence-corrected chi connectivity index (χ3v) is 6.44. The monoisotopic (exact) mass is 406 g/mol. The van der Waals surface area contributed by atoms with E-state index in [-0.39, 0.29) is 17.4 Å². The Morgan fingerprint density at radius 1 is 0.933 bits per heavy atom. The van der Waals surface area contributed by atoms with E-state index >= 15 is 8.78 Å². The van der Waals surface area contributed by atoms with E-state index in [0.29, 0.717) is 25.9 Å². The van der Waals surface area contributed by atoms with E-state index in [1.807, 2.05) is 30.3 Å². The minimum absolute atomic E-state index is 0.0481. The van der Waals surface area contributed by atoms with Gasteiger partial charge in [0.05, 0.1) is 5.52 Å². The lowest BCUT2D eigenvalue weighted by Gasteiger charge is -2.36. The molecule has 1 saturated heterocycles. The van der Waals surface area contributed by atoms with Gasteiger partial charge in [-0.3, -0.25) is 9.78 Å². The first kappa shape index (κ1) is 19.2. The van der Waals surface area contributed by atoms with E-state index in [4.69, 9.17) is 0 Å². The number of nitrogens with zero attached hydrogens (tertiary/aromatic N) is 2. The Labute approximate surface area is 174 Å². The Morgan fingerprint density at radius 3 is 2.33 bits per heavy atom. The summed E-state index contributed by atoms with van der Waals surface area (Å²) in [5, 5.41) is 1.02. The van der Waals surface area contributed by atoms with Gasteiger partial charge in [0.2, 0.25) is 5.91 Å². The smallest absolute Gasteiger partial charge is 0.276 e. The fourth-order valence-corrected chi connectivity index (χ4v) is 4.40. The molecule has 0 bridgehead atoms. The Morgan fingerprint density at radius 2 is 1.63 bits per heavy atom. The molecule has 154 valence electrons. The van der Waals surface area contributed by atoms with Crippen LogP contribution in [0.2, 0.25) is 0 Å². The predicted molar refractivity (Wildman–Crippen MR) is 113 cm³/mol. The summed E-state index contributed by atoms with van der Waals surface area (Å²) in [6.07, 6.45) is 4.38. The van der Waals surface area contributed by atoms with Crippen LogP contribution in [0.3, 0.4) is 0 Å². The third kappa shape index (κ3) is 3.57. The zero-order valence-electron chi connectivity index (χ0n) is 16.7. The van der Waals surface area contributed by atoms with Crippen molar-refractivity contribution < 1.29 is 13.6 Å². The van der Waals surface area contributed by atoms with E-state index in [0.717, 1.165) is 34.9 Å². The van der Waals surface area contributed by atoms with Gasteiger partial charge in [-0.2, -0.15) is 0 Å². The fraction of sp³-hybridized carbons (Fsp3) is 0.360. The second kappa shape index (κ2) is 7.46. The van der Waals surface area contributed by atoms with Crippen molar-refractivity contribution in [3.8, 4) is 11.1 Å². The van der Waals surface area contributed by atoms with Gasteiger partial charge < -0.3 is 4.90 Å². The van der Waals surface area contributed by atoms with Crippen molar-refractivity contribution in [2.75, 3.05) is 13.1 Å². The number of rotatable bonds is 4. The van der Waals surface area contributed by atoms with Gasteiger partial charge in [-0.1, -0.05) is 42.5 Å². The summed E-state index contributed by atoms with van der Waals surface area (Å²) in [5.74, 6) is -3.31. The SMILES string of the molecule is O=C(C1CC1)N1CCC(C(F)(F)c2ccc(-c3cnc4ccccc4c3)cc2)CC1. The number of halogens is 2. The molecule has 30 heavy (non-hydrogen) atoms. The highest BCUT2D eigenvalue weighted by Crippen LogP contribution is 2.43. The van der Waals surface area contributed by atoms with Crippen LogP contribution in [-0.2, 0) is 10.7 Å². The van der Waals surface area contributed by atoms with E-state index in [1.54, 1.807) is 23.2 Å². The van der Waals surface area contributed by atoms with Crippen LogP contribution in [0.5, 0.6) is 0 Å². The number of carbonyl (C=O) groups is 1. The lowest BCUT2D eigenvalue weighted by atomic mass is 9.86. The van der Waals surface area contributed by atoms with Crippen molar-refractivity contribution in [1.29, 1.82) is 0 Å². The van der Waals surface area contributed by atoms with Gasteiger partial charge in [-0.05, 0) is 43.4 Å². The van der Waals surface area contributed by atoms with Gasteiger partial charge >= 0.3 is 0 Å². The molecule has 2 aliphatic rings. The molecule has 3 nitrogen and oxygen atoms in total. The fourth-order valence-electron chi connectivity index (χ4n) is 4.40. The molecular formula is C25H24F2N2O. The summed E-state index contributed by atoms with van der Waals surface area (Å²) in [4.78, 5) is 18.4. The number of amides is 1. The summed E-state index contributed by atoms with van der Waals surface area (Å²) in [7, 11) is 0. The number of piperidine rings is 1. The Balaban J connectivity index is 1.30. The molecule has 0 radical (unpaired) electrons. The van der Waals surface area contributed by atoms with Gasteiger partial charge in [0.1, 0.15) is 0 Å². The van der Waals surface area contributed by atoms with Crippen molar-refractivity contribution >= 4 is 16.8 Å². The molecule has 0 unspecified atom stereocenters. The van der Waals surface area contributed by atoms with E-state index in [1.165, 1.54) is 12.1 Å². The second-order valence-electron chi connectivity index (χ2n) is 8.49. The highest BCUT2D eigenvalue weighted by molar-refractivity contribution is 5.83. The third-order valence-electron chi connectivity index (χ3n) is 6.44. The van der Waals surface area contributed by atoms with Gasteiger partial charge in [0.25, 0.3) is 5.92 Å². The zero-order valence-corrected chi connectivity index (χ0v) is 16.7. The number of para-hydroxylation sites is 1. The maximum Gasteiger partial charge on any atom is 0.276 e. The molecule has 1 saturated carbocycles. The Hall–Kier alpha value is -2.82. The van der Waals surface area contributed by atoms with Crippen LogP contribution in [0, 0.1) is 11.8 Å². The van der Waals surface area contributed by atoms with Crippen LogP contribution in [-0.4, -0.2) is 28.9 Å². The first-order valence-corrected chi connectivity index (χ1v) is 10.6. The molecule has 0 atom stereocenters. The minimum Gasteiger partial charge on any atom is -0.342 e. The van der Waals surface area contributed by atoms with Crippen LogP contribution in [0.4, 0.5) is 8.78 Å². The van der Waals surface area contributed by atoms with Gasteiger partial charge in [-0.25, -0.2) is 8.78 Å². The number of aromatic nitrogens is 1. The number of alkyl halides is 2. The summed E-state index contributed by atoms with van der Waals surface area (Å²) in [5.41, 5.74) is 2.75. The lowest BCUT2D eigenvalue weighted by molar-refractivity contribution is -0.138. The average Bonchev–Trinajstić information content (AvgIpc) is 3.64. The standard InChI is InChI=1S/C25H24F2N2O/c26-25(27,22-11-13-29(14-12-22)24(30)18-5-6-18)21-9-7-17(8-10-21)20-15-19-3-1-2-4-23(19)28-16-20/h1-4,7-10,15-16,18,22H,5-6,11-14H2. The number of benzene rings is 2. The van der Waals surface area contributed by atoms with Gasteiger partial charge in [-0.15, -0.1) is 0 Å². The first-order valence-electron chi connectivity index (χ1n) is 10.6. The summed E-state index contributed by atoms with van der Waals surface area (Å²) in [6, 6.07) is 16.4. The Kier molecular flexibility index (Phi) is 4.76. The number of hydrogen-bond acceptors (Lipinski definition) is 2. The molecule has 3 aromatic rings. The van der Waals surface area contributed by atoms with Crippen molar-refractivity contribution in [1.82, 2.24) is 9.88 Å². The van der Waals surface area contributed by atoms with Crippen molar-refractivity contribution in [2.45, 2.75) is 31.6 Å². The van der Waals surface area contributed by atoms with Crippen molar-refractivity contribution in [2.24, 2.45) is 11.8 Å². The van der Waals surface area contributed by atoms with Gasteiger partial charge in [0.15, 0.2) is 0 Å². The maximum absolute atomic E-state index is 15.2. The van der Waals surface area contributed by atoms with E-state index < -0.39 is 11.8 Å². The molecule has 1 aliphatic heterocycles. The molecule has 5 heteroatoms. The number of likely N-dealkylation sites (tertiary alicyclic amines) is 1. The molecule has 1 aliphatic carbocycles. The lowest BCUT2D eigenvalue weighted by Crippen LogP contribution is -2.43. The van der Waals surface area contributed by atoms with Crippen LogP contribution in [0.15, 0.2) is 60.8 Å². The number of hydrogen-bond donors (Lipinski definition) is 0.